The van der Waals surface area contributed by atoms with Gasteiger partial charge < -0.3 is 4.90 Å². The van der Waals surface area contributed by atoms with Gasteiger partial charge in [-0.3, -0.25) is 0 Å². The Hall–Kier alpha value is -2.64. The van der Waals surface area contributed by atoms with Gasteiger partial charge in [0.05, 0.1) is 0 Å². The van der Waals surface area contributed by atoms with Crippen molar-refractivity contribution >= 4 is 11.6 Å². The summed E-state index contributed by atoms with van der Waals surface area (Å²) in [6.07, 6.45) is -3.76. The number of rotatable bonds is 5. The zero-order chi connectivity index (χ0) is 18.0. The van der Waals surface area contributed by atoms with E-state index >= 15 is 0 Å². The molecular weight excluding hydrogens is 331 g/mol. The van der Waals surface area contributed by atoms with Gasteiger partial charge >= 0.3 is 6.18 Å². The highest BCUT2D eigenvalue weighted by molar-refractivity contribution is 5.48. The monoisotopic (exact) mass is 349 g/mol. The quantitative estimate of drug-likeness (QED) is 0.702. The molecule has 3 aromatic rings. The van der Waals surface area contributed by atoms with Crippen molar-refractivity contribution in [3.05, 3.63) is 53.5 Å². The van der Waals surface area contributed by atoms with Crippen LogP contribution in [0.15, 0.2) is 36.4 Å². The molecule has 25 heavy (non-hydrogen) atoms. The number of aromatic nitrogens is 4. The predicted molar refractivity (Wildman–Crippen MR) is 88.3 cm³/mol. The fraction of sp³-hybridized carbons (Fsp3) is 0.353. The normalized spacial score (nSPS) is 11.9. The van der Waals surface area contributed by atoms with Crippen molar-refractivity contribution in [2.75, 3.05) is 11.4 Å². The van der Waals surface area contributed by atoms with Crippen LogP contribution in [0.1, 0.15) is 30.4 Å². The van der Waals surface area contributed by atoms with Crippen LogP contribution in [0.5, 0.6) is 0 Å². The smallest absolute Gasteiger partial charge is 0.352 e. The van der Waals surface area contributed by atoms with Gasteiger partial charge in [0.2, 0.25) is 0 Å². The van der Waals surface area contributed by atoms with Crippen molar-refractivity contribution in [1.82, 2.24) is 19.6 Å². The fourth-order valence-electron chi connectivity index (χ4n) is 2.66. The van der Waals surface area contributed by atoms with E-state index in [0.717, 1.165) is 12.0 Å². The summed E-state index contributed by atoms with van der Waals surface area (Å²) in [5, 5.41) is 3.65. The molecule has 2 heterocycles. The Morgan fingerprint density at radius 3 is 2.48 bits per heavy atom. The number of hydrogen-bond acceptors (Lipinski definition) is 4. The summed E-state index contributed by atoms with van der Waals surface area (Å²) in [5.74, 6) is -0.671. The Morgan fingerprint density at radius 1 is 1.12 bits per heavy atom. The molecule has 3 rings (SSSR count). The summed E-state index contributed by atoms with van der Waals surface area (Å²) in [6, 6.07) is 11.5. The second kappa shape index (κ2) is 6.70. The van der Waals surface area contributed by atoms with Gasteiger partial charge in [-0.25, -0.2) is 4.98 Å². The van der Waals surface area contributed by atoms with Crippen molar-refractivity contribution in [2.45, 2.75) is 33.0 Å². The van der Waals surface area contributed by atoms with E-state index in [4.69, 9.17) is 0 Å². The molecule has 0 aliphatic heterocycles. The SMILES string of the molecule is CCCN(Cc1ccccc1)c1cc(C)nc2nc(C(F)(F)F)nn12. The molecule has 0 amide bonds. The Bertz CT molecular complexity index is 858. The lowest BCUT2D eigenvalue weighted by molar-refractivity contribution is -0.144. The zero-order valence-electron chi connectivity index (χ0n) is 14.0. The second-order valence-electron chi connectivity index (χ2n) is 5.81. The number of benzene rings is 1. The first-order chi connectivity index (χ1) is 11.9. The van der Waals surface area contributed by atoms with E-state index in [2.05, 4.69) is 15.1 Å². The van der Waals surface area contributed by atoms with Gasteiger partial charge in [0, 0.05) is 24.8 Å². The van der Waals surface area contributed by atoms with Gasteiger partial charge in [0.15, 0.2) is 0 Å². The number of fused-ring (bicyclic) bond motifs is 1. The molecular formula is C17H18F3N5. The lowest BCUT2D eigenvalue weighted by atomic mass is 10.2. The molecule has 0 fully saturated rings. The molecule has 8 heteroatoms. The number of hydrogen-bond donors (Lipinski definition) is 0. The minimum absolute atomic E-state index is 0.0449. The van der Waals surface area contributed by atoms with E-state index in [1.54, 1.807) is 13.0 Å². The summed E-state index contributed by atoms with van der Waals surface area (Å²) in [5.41, 5.74) is 1.66. The minimum Gasteiger partial charge on any atom is -0.352 e. The third kappa shape index (κ3) is 3.72. The van der Waals surface area contributed by atoms with Crippen LogP contribution >= 0.6 is 0 Å². The summed E-state index contributed by atoms with van der Waals surface area (Å²) in [6.45, 7) is 4.99. The molecule has 2 aromatic heterocycles. The highest BCUT2D eigenvalue weighted by Gasteiger charge is 2.37. The number of halogens is 3. The maximum Gasteiger partial charge on any atom is 0.453 e. The van der Waals surface area contributed by atoms with Gasteiger partial charge in [-0.2, -0.15) is 22.7 Å². The molecule has 0 radical (unpaired) electrons. The fourth-order valence-corrected chi connectivity index (χ4v) is 2.66. The highest BCUT2D eigenvalue weighted by atomic mass is 19.4. The number of aryl methyl sites for hydroxylation is 1. The Balaban J connectivity index is 2.08. The van der Waals surface area contributed by atoms with E-state index in [1.807, 2.05) is 42.2 Å². The third-order valence-electron chi connectivity index (χ3n) is 3.71. The topological polar surface area (TPSA) is 46.3 Å². The molecule has 0 aliphatic carbocycles. The van der Waals surface area contributed by atoms with Crippen molar-refractivity contribution in [1.29, 1.82) is 0 Å². The molecule has 0 unspecified atom stereocenters. The van der Waals surface area contributed by atoms with Gasteiger partial charge in [-0.15, -0.1) is 5.10 Å². The first kappa shape index (κ1) is 17.2. The first-order valence-electron chi connectivity index (χ1n) is 7.99. The van der Waals surface area contributed by atoms with Crippen molar-refractivity contribution in [3.63, 3.8) is 0 Å². The summed E-state index contributed by atoms with van der Waals surface area (Å²) in [4.78, 5) is 9.62. The first-order valence-corrected chi connectivity index (χ1v) is 7.99. The average molecular weight is 349 g/mol. The van der Waals surface area contributed by atoms with Crippen LogP contribution in [0.3, 0.4) is 0 Å². The number of alkyl halides is 3. The van der Waals surface area contributed by atoms with E-state index in [-0.39, 0.29) is 5.78 Å². The lowest BCUT2D eigenvalue weighted by Gasteiger charge is -2.24. The predicted octanol–water partition coefficient (Wildman–Crippen LogP) is 3.87. The van der Waals surface area contributed by atoms with E-state index in [0.29, 0.717) is 24.6 Å². The molecule has 0 spiro atoms. The number of nitrogens with zero attached hydrogens (tertiary/aromatic N) is 5. The summed E-state index contributed by atoms with van der Waals surface area (Å²) < 4.78 is 40.1. The zero-order valence-corrected chi connectivity index (χ0v) is 14.0. The number of anilines is 1. The molecule has 5 nitrogen and oxygen atoms in total. The van der Waals surface area contributed by atoms with Crippen LogP contribution in [0.2, 0.25) is 0 Å². The maximum atomic E-state index is 13.0. The highest BCUT2D eigenvalue weighted by Crippen LogP contribution is 2.28. The minimum atomic E-state index is -4.60. The Labute approximate surface area is 143 Å². The molecule has 1 aromatic carbocycles. The molecule has 132 valence electrons. The standard InChI is InChI=1S/C17H18F3N5/c1-3-9-24(11-13-7-5-4-6-8-13)14-10-12(2)21-16-22-15(17(18,19)20)23-25(14)16/h4-8,10H,3,9,11H2,1-2H3. The molecule has 0 bridgehead atoms. The Morgan fingerprint density at radius 2 is 1.84 bits per heavy atom. The van der Waals surface area contributed by atoms with Crippen LogP contribution in [0.4, 0.5) is 19.0 Å². The molecule has 0 saturated heterocycles. The van der Waals surface area contributed by atoms with Gasteiger partial charge in [0.25, 0.3) is 11.6 Å². The van der Waals surface area contributed by atoms with Crippen molar-refractivity contribution in [3.8, 4) is 0 Å². The Kier molecular flexibility index (Phi) is 4.61. The van der Waals surface area contributed by atoms with Crippen LogP contribution in [0.25, 0.3) is 5.78 Å². The van der Waals surface area contributed by atoms with E-state index in [1.165, 1.54) is 4.52 Å². The van der Waals surface area contributed by atoms with Gasteiger partial charge in [-0.05, 0) is 18.9 Å². The van der Waals surface area contributed by atoms with Crippen LogP contribution in [0, 0.1) is 6.92 Å². The summed E-state index contributed by atoms with van der Waals surface area (Å²) >= 11 is 0. The van der Waals surface area contributed by atoms with Crippen LogP contribution < -0.4 is 4.90 Å². The molecule has 0 N–H and O–H groups in total. The summed E-state index contributed by atoms with van der Waals surface area (Å²) in [7, 11) is 0. The average Bonchev–Trinajstić information content (AvgIpc) is 2.99. The van der Waals surface area contributed by atoms with Crippen molar-refractivity contribution in [2.24, 2.45) is 0 Å². The van der Waals surface area contributed by atoms with Crippen molar-refractivity contribution < 1.29 is 13.2 Å². The molecule has 0 saturated carbocycles. The molecule has 0 aliphatic rings. The maximum absolute atomic E-state index is 13.0. The lowest BCUT2D eigenvalue weighted by Crippen LogP contribution is -2.26. The van der Waals surface area contributed by atoms with Crippen LogP contribution in [-0.4, -0.2) is 26.1 Å². The van der Waals surface area contributed by atoms with Gasteiger partial charge in [0.1, 0.15) is 5.82 Å². The third-order valence-corrected chi connectivity index (χ3v) is 3.71. The van der Waals surface area contributed by atoms with Gasteiger partial charge in [-0.1, -0.05) is 37.3 Å². The van der Waals surface area contributed by atoms with E-state index < -0.39 is 12.0 Å². The van der Waals surface area contributed by atoms with E-state index in [9.17, 15) is 13.2 Å². The second-order valence-corrected chi connectivity index (χ2v) is 5.81. The van der Waals surface area contributed by atoms with Crippen LogP contribution in [-0.2, 0) is 12.7 Å². The largest absolute Gasteiger partial charge is 0.453 e. The molecule has 0 atom stereocenters.